The Kier molecular flexibility index (Phi) is 3.41. The molecule has 1 fully saturated rings. The molecular formula is C9H10O7. The average molecular weight is 230 g/mol. The lowest BCUT2D eigenvalue weighted by Gasteiger charge is -2.15. The van der Waals surface area contributed by atoms with Crippen molar-refractivity contribution in [2.45, 2.75) is 24.7 Å². The molecule has 1 unspecified atom stereocenters. The van der Waals surface area contributed by atoms with Gasteiger partial charge in [0.1, 0.15) is 6.10 Å². The van der Waals surface area contributed by atoms with Gasteiger partial charge in [0.2, 0.25) is 11.9 Å². The van der Waals surface area contributed by atoms with Crippen molar-refractivity contribution in [1.29, 1.82) is 0 Å². The van der Waals surface area contributed by atoms with E-state index in [2.05, 4.69) is 11.3 Å². The van der Waals surface area contributed by atoms with Crippen LogP contribution in [-0.4, -0.2) is 51.4 Å². The Labute approximate surface area is 89.9 Å². The molecule has 0 amide bonds. The van der Waals surface area contributed by atoms with Crippen molar-refractivity contribution in [3.8, 4) is 0 Å². The van der Waals surface area contributed by atoms with Gasteiger partial charge < -0.3 is 20.1 Å². The van der Waals surface area contributed by atoms with E-state index >= 15 is 0 Å². The smallest absolute Gasteiger partial charge is 0.343 e. The molecule has 7 nitrogen and oxygen atoms in total. The van der Waals surface area contributed by atoms with Crippen LogP contribution in [0.15, 0.2) is 12.2 Å². The van der Waals surface area contributed by atoms with E-state index in [0.29, 0.717) is 0 Å². The predicted molar refractivity (Wildman–Crippen MR) is 48.3 cm³/mol. The van der Waals surface area contributed by atoms with Gasteiger partial charge in [-0.05, 0) is 0 Å². The van der Waals surface area contributed by atoms with Gasteiger partial charge in [0.15, 0.2) is 6.10 Å². The third-order valence-corrected chi connectivity index (χ3v) is 2.12. The molecule has 16 heavy (non-hydrogen) atoms. The molecule has 1 heterocycles. The molecule has 0 radical (unpaired) electrons. The third-order valence-electron chi connectivity index (χ3n) is 2.12. The lowest BCUT2D eigenvalue weighted by molar-refractivity contribution is -0.150. The van der Waals surface area contributed by atoms with E-state index in [4.69, 9.17) is 10.2 Å². The van der Waals surface area contributed by atoms with E-state index in [1.54, 1.807) is 0 Å². The number of aliphatic hydroxyl groups is 2. The predicted octanol–water partition coefficient (Wildman–Crippen LogP) is -1.77. The van der Waals surface area contributed by atoms with Gasteiger partial charge >= 0.3 is 11.9 Å². The largest absolute Gasteiger partial charge is 0.478 e. The van der Waals surface area contributed by atoms with E-state index in [0.717, 1.165) is 0 Å². The summed E-state index contributed by atoms with van der Waals surface area (Å²) in [4.78, 5) is 32.4. The fraction of sp³-hybridized carbons (Fsp3) is 0.444. The maximum Gasteiger partial charge on any atom is 0.343 e. The number of rotatable bonds is 4. The number of carboxylic acid groups (broad SMARTS) is 1. The second-order valence-electron chi connectivity index (χ2n) is 3.34. The van der Waals surface area contributed by atoms with Gasteiger partial charge in [0.05, 0.1) is 0 Å². The van der Waals surface area contributed by atoms with Crippen LogP contribution in [0, 0.1) is 0 Å². The van der Waals surface area contributed by atoms with Gasteiger partial charge in [-0.25, -0.2) is 9.59 Å². The van der Waals surface area contributed by atoms with E-state index in [1.807, 2.05) is 0 Å². The topological polar surface area (TPSA) is 121 Å². The van der Waals surface area contributed by atoms with Gasteiger partial charge in [-0.2, -0.15) is 0 Å². The number of carbonyl (C=O) groups excluding carboxylic acids is 2. The molecule has 1 aliphatic rings. The number of Topliss-reactive ketones (excluding diaryl/α,β-unsaturated/α-hetero) is 1. The highest BCUT2D eigenvalue weighted by molar-refractivity contribution is 6.09. The van der Waals surface area contributed by atoms with Crippen LogP contribution >= 0.6 is 0 Å². The van der Waals surface area contributed by atoms with Crippen molar-refractivity contribution in [3.05, 3.63) is 12.2 Å². The lowest BCUT2D eigenvalue weighted by atomic mass is 10.0. The Morgan fingerprint density at radius 2 is 2.06 bits per heavy atom. The quantitative estimate of drug-likeness (QED) is 0.297. The highest BCUT2D eigenvalue weighted by Crippen LogP contribution is 2.18. The fourth-order valence-electron chi connectivity index (χ4n) is 1.23. The first-order valence-corrected chi connectivity index (χ1v) is 4.36. The van der Waals surface area contributed by atoms with Crippen molar-refractivity contribution >= 4 is 17.7 Å². The van der Waals surface area contributed by atoms with Crippen molar-refractivity contribution in [3.63, 3.8) is 0 Å². The van der Waals surface area contributed by atoms with Crippen LogP contribution in [0.2, 0.25) is 0 Å². The number of hydrogen-bond acceptors (Lipinski definition) is 6. The number of esters is 1. The summed E-state index contributed by atoms with van der Waals surface area (Å²) in [6, 6.07) is 0. The Hall–Kier alpha value is -1.73. The van der Waals surface area contributed by atoms with Crippen molar-refractivity contribution < 1.29 is 34.4 Å². The minimum absolute atomic E-state index is 0.322. The number of carbonyl (C=O) groups is 3. The third kappa shape index (κ3) is 2.26. The second-order valence-corrected chi connectivity index (χ2v) is 3.34. The molecule has 1 saturated heterocycles. The fourth-order valence-corrected chi connectivity index (χ4v) is 1.23. The first-order valence-electron chi connectivity index (χ1n) is 4.36. The van der Waals surface area contributed by atoms with E-state index in [9.17, 15) is 19.5 Å². The summed E-state index contributed by atoms with van der Waals surface area (Å²) in [5.74, 6) is -3.44. The SMILES string of the molecule is C=C(C[C@H](O)[C@H]1OC(=O)C(O)C1=O)C(=O)O. The van der Waals surface area contributed by atoms with Crippen LogP contribution in [0.3, 0.4) is 0 Å². The van der Waals surface area contributed by atoms with Gasteiger partial charge in [-0.15, -0.1) is 0 Å². The molecule has 0 spiro atoms. The zero-order valence-electron chi connectivity index (χ0n) is 8.12. The normalized spacial score (nSPS) is 26.4. The lowest BCUT2D eigenvalue weighted by Crippen LogP contribution is -2.35. The maximum absolute atomic E-state index is 11.2. The first-order chi connectivity index (χ1) is 7.34. The zero-order valence-corrected chi connectivity index (χ0v) is 8.12. The molecule has 0 aromatic heterocycles. The molecular weight excluding hydrogens is 220 g/mol. The summed E-state index contributed by atoms with van der Waals surface area (Å²) in [6.07, 6.45) is -5.38. The number of aliphatic hydroxyl groups excluding tert-OH is 2. The van der Waals surface area contributed by atoms with Crippen molar-refractivity contribution in [1.82, 2.24) is 0 Å². The Morgan fingerprint density at radius 3 is 2.44 bits per heavy atom. The first kappa shape index (κ1) is 12.3. The number of hydrogen-bond donors (Lipinski definition) is 3. The minimum Gasteiger partial charge on any atom is -0.478 e. The number of carboxylic acids is 1. The molecule has 1 rings (SSSR count). The Balaban J connectivity index is 2.66. The van der Waals surface area contributed by atoms with Gasteiger partial charge in [0, 0.05) is 12.0 Å². The van der Waals surface area contributed by atoms with Gasteiger partial charge in [-0.1, -0.05) is 6.58 Å². The Bertz CT molecular complexity index is 359. The summed E-state index contributed by atoms with van der Waals surface area (Å²) < 4.78 is 4.41. The van der Waals surface area contributed by atoms with Gasteiger partial charge in [-0.3, -0.25) is 4.79 Å². The maximum atomic E-state index is 11.2. The highest BCUT2D eigenvalue weighted by atomic mass is 16.6. The molecule has 1 aliphatic heterocycles. The van der Waals surface area contributed by atoms with Crippen LogP contribution in [-0.2, 0) is 19.1 Å². The van der Waals surface area contributed by atoms with E-state index in [1.165, 1.54) is 0 Å². The molecule has 3 N–H and O–H groups in total. The van der Waals surface area contributed by atoms with Crippen molar-refractivity contribution in [2.24, 2.45) is 0 Å². The molecule has 0 aliphatic carbocycles. The number of ketones is 1. The zero-order chi connectivity index (χ0) is 12.5. The highest BCUT2D eigenvalue weighted by Gasteiger charge is 2.46. The molecule has 0 saturated carbocycles. The molecule has 0 aromatic rings. The van der Waals surface area contributed by atoms with Crippen LogP contribution in [0.5, 0.6) is 0 Å². The molecule has 88 valence electrons. The summed E-state index contributed by atoms with van der Waals surface area (Å²) in [6.45, 7) is 3.15. The van der Waals surface area contributed by atoms with Crippen LogP contribution in [0.1, 0.15) is 6.42 Å². The molecule has 0 aromatic carbocycles. The second kappa shape index (κ2) is 4.42. The summed E-state index contributed by atoms with van der Waals surface area (Å²) in [5, 5.41) is 26.9. The monoisotopic (exact) mass is 230 g/mol. The summed E-state index contributed by atoms with van der Waals surface area (Å²) >= 11 is 0. The van der Waals surface area contributed by atoms with Gasteiger partial charge in [0.25, 0.3) is 0 Å². The number of ether oxygens (including phenoxy) is 1. The number of aliphatic carboxylic acids is 1. The number of cyclic esters (lactones) is 1. The van der Waals surface area contributed by atoms with E-state index in [-0.39, 0.29) is 5.57 Å². The van der Waals surface area contributed by atoms with Crippen LogP contribution in [0.25, 0.3) is 0 Å². The van der Waals surface area contributed by atoms with Crippen LogP contribution < -0.4 is 0 Å². The minimum atomic E-state index is -1.90. The molecule has 7 heteroatoms. The molecule has 0 bridgehead atoms. The van der Waals surface area contributed by atoms with Crippen LogP contribution in [0.4, 0.5) is 0 Å². The average Bonchev–Trinajstić information content (AvgIpc) is 2.45. The van der Waals surface area contributed by atoms with E-state index < -0.39 is 42.5 Å². The summed E-state index contributed by atoms with van der Waals surface area (Å²) in [7, 11) is 0. The van der Waals surface area contributed by atoms with Crippen molar-refractivity contribution in [2.75, 3.05) is 0 Å². The molecule has 3 atom stereocenters. The standard InChI is InChI=1S/C9H10O7/c1-3(8(13)14)2-4(10)7-5(11)6(12)9(15)16-7/h4,6-7,10,12H,1-2H2,(H,13,14)/t4-,6?,7+/m0/s1. The Morgan fingerprint density at radius 1 is 1.50 bits per heavy atom. The summed E-state index contributed by atoms with van der Waals surface area (Å²) in [5.41, 5.74) is -0.322.